The Morgan fingerprint density at radius 3 is 1.78 bits per heavy atom. The summed E-state index contributed by atoms with van der Waals surface area (Å²) in [5.41, 5.74) is 0. The van der Waals surface area contributed by atoms with Crippen molar-refractivity contribution in [2.24, 2.45) is 0 Å². The summed E-state index contributed by atoms with van der Waals surface area (Å²) in [5, 5.41) is 0. The van der Waals surface area contributed by atoms with Gasteiger partial charge in [-0.3, -0.25) is 0 Å². The molecule has 0 unspecified atom stereocenters. The Morgan fingerprint density at radius 2 is 1.35 bits per heavy atom. The molecule has 1 amide bonds. The molecule has 1 rings (SSSR count). The summed E-state index contributed by atoms with van der Waals surface area (Å²) in [6, 6.07) is 0. The van der Waals surface area contributed by atoms with Crippen LogP contribution in [0.15, 0.2) is 0 Å². The second-order valence-corrected chi connectivity index (χ2v) is 19.5. The van der Waals surface area contributed by atoms with Crippen LogP contribution in [0.5, 0.6) is 0 Å². The molecule has 23 heavy (non-hydrogen) atoms. The molecule has 132 valence electrons. The maximum atomic E-state index is 12.5. The molecule has 0 aromatic rings. The normalized spacial score (nSPS) is 15.2. The molecule has 0 aromatic carbocycles. The molecule has 1 aliphatic heterocycles. The molecular weight excluding hydrogens is 389 g/mol. The standard InChI is InChI=1S/C8H10NO.3C4H9.Sn/c1-2-8(10)9-6-4-3-5-7-9;3*1-3-4-2;/h3-7H2;3*1,3-4H2,2H3;. The molecule has 2 nitrogen and oxygen atoms in total. The average molecular weight is 426 g/mol. The van der Waals surface area contributed by atoms with Crippen molar-refractivity contribution >= 4 is 24.3 Å². The molecule has 0 aliphatic carbocycles. The molecule has 1 heterocycles. The maximum absolute atomic E-state index is 12.5. The summed E-state index contributed by atoms with van der Waals surface area (Å²) in [5.74, 6) is 3.27. The summed E-state index contributed by atoms with van der Waals surface area (Å²) in [6.07, 6.45) is 11.3. The summed E-state index contributed by atoms with van der Waals surface area (Å²) in [7, 11) is 0. The quantitative estimate of drug-likeness (QED) is 0.358. The van der Waals surface area contributed by atoms with Crippen molar-refractivity contribution in [3.8, 4) is 9.86 Å². The predicted octanol–water partition coefficient (Wildman–Crippen LogP) is 5.39. The SMILES string of the molecule is CCC[CH2][Sn]([C]#CC(=O)N1CCCCC1)([CH2]CCC)[CH2]CCC. The second kappa shape index (κ2) is 12.2. The average Bonchev–Trinajstić information content (AvgIpc) is 2.61. The number of carbonyl (C=O) groups excluding carboxylic acids is 1. The molecule has 0 aromatic heterocycles. The van der Waals surface area contributed by atoms with Gasteiger partial charge >= 0.3 is 149 Å². The number of rotatable bonds is 9. The number of carbonyl (C=O) groups is 1. The number of hydrogen-bond donors (Lipinski definition) is 0. The van der Waals surface area contributed by atoms with Crippen molar-refractivity contribution in [3.63, 3.8) is 0 Å². The Morgan fingerprint density at radius 1 is 0.870 bits per heavy atom. The van der Waals surface area contributed by atoms with Crippen molar-refractivity contribution < 1.29 is 4.79 Å². The molecule has 1 fully saturated rings. The van der Waals surface area contributed by atoms with E-state index in [2.05, 4.69) is 30.6 Å². The van der Waals surface area contributed by atoms with E-state index in [1.54, 1.807) is 0 Å². The third-order valence-corrected chi connectivity index (χ3v) is 18.2. The molecule has 0 N–H and O–H groups in total. The Kier molecular flexibility index (Phi) is 11.1. The van der Waals surface area contributed by atoms with Gasteiger partial charge in [0.15, 0.2) is 0 Å². The predicted molar refractivity (Wildman–Crippen MR) is 103 cm³/mol. The second-order valence-electron chi connectivity index (χ2n) is 7.19. The third kappa shape index (κ3) is 7.96. The van der Waals surface area contributed by atoms with Crippen LogP contribution in [0.2, 0.25) is 13.3 Å². The van der Waals surface area contributed by atoms with Crippen LogP contribution in [0.25, 0.3) is 0 Å². The van der Waals surface area contributed by atoms with Gasteiger partial charge in [-0.2, -0.15) is 0 Å². The van der Waals surface area contributed by atoms with Gasteiger partial charge in [-0.05, 0) is 0 Å². The molecule has 0 bridgehead atoms. The van der Waals surface area contributed by atoms with Crippen LogP contribution >= 0.6 is 0 Å². The van der Waals surface area contributed by atoms with E-state index >= 15 is 0 Å². The first-order chi connectivity index (χ1) is 11.2. The van der Waals surface area contributed by atoms with Gasteiger partial charge in [-0.1, -0.05) is 0 Å². The minimum absolute atomic E-state index is 0.121. The summed E-state index contributed by atoms with van der Waals surface area (Å²) < 4.78 is 7.80. The number of unbranched alkanes of at least 4 members (excludes halogenated alkanes) is 3. The van der Waals surface area contributed by atoms with E-state index in [0.717, 1.165) is 25.9 Å². The zero-order valence-corrected chi connectivity index (χ0v) is 18.6. The van der Waals surface area contributed by atoms with Crippen LogP contribution in [0.4, 0.5) is 0 Å². The van der Waals surface area contributed by atoms with Crippen molar-refractivity contribution in [1.29, 1.82) is 0 Å². The van der Waals surface area contributed by atoms with Gasteiger partial charge in [0.2, 0.25) is 0 Å². The molecule has 1 saturated heterocycles. The van der Waals surface area contributed by atoms with Gasteiger partial charge in [0.05, 0.1) is 0 Å². The van der Waals surface area contributed by atoms with E-state index in [4.69, 9.17) is 0 Å². The van der Waals surface area contributed by atoms with E-state index in [1.165, 1.54) is 58.3 Å². The van der Waals surface area contributed by atoms with E-state index in [9.17, 15) is 4.79 Å². The fourth-order valence-electron chi connectivity index (χ4n) is 3.47. The first-order valence-electron chi connectivity index (χ1n) is 9.99. The molecule has 0 spiro atoms. The van der Waals surface area contributed by atoms with Crippen LogP contribution in [-0.4, -0.2) is 42.3 Å². The summed E-state index contributed by atoms with van der Waals surface area (Å²) >= 11 is -2.45. The van der Waals surface area contributed by atoms with Gasteiger partial charge in [0.25, 0.3) is 0 Å². The van der Waals surface area contributed by atoms with Crippen molar-refractivity contribution in [2.75, 3.05) is 13.1 Å². The van der Waals surface area contributed by atoms with E-state index in [1.807, 2.05) is 4.90 Å². The van der Waals surface area contributed by atoms with Crippen molar-refractivity contribution in [1.82, 2.24) is 4.90 Å². The zero-order chi connectivity index (χ0) is 17.0. The Bertz CT molecular complexity index is 368. The van der Waals surface area contributed by atoms with Gasteiger partial charge < -0.3 is 0 Å². The van der Waals surface area contributed by atoms with Gasteiger partial charge in [-0.25, -0.2) is 0 Å². The third-order valence-electron chi connectivity index (χ3n) is 5.10. The van der Waals surface area contributed by atoms with Crippen molar-refractivity contribution in [3.05, 3.63) is 0 Å². The molecule has 0 radical (unpaired) electrons. The van der Waals surface area contributed by atoms with Crippen LogP contribution in [0, 0.1) is 9.86 Å². The monoisotopic (exact) mass is 427 g/mol. The molecule has 0 atom stereocenters. The molecule has 1 aliphatic rings. The Hall–Kier alpha value is -0.171. The first kappa shape index (κ1) is 20.9. The zero-order valence-electron chi connectivity index (χ0n) is 15.8. The van der Waals surface area contributed by atoms with Gasteiger partial charge in [-0.15, -0.1) is 0 Å². The number of amides is 1. The number of nitrogens with zero attached hydrogens (tertiary/aromatic N) is 1. The van der Waals surface area contributed by atoms with Crippen LogP contribution in [-0.2, 0) is 4.79 Å². The minimum atomic E-state index is -2.45. The molecule has 0 saturated carbocycles. The Balaban J connectivity index is 2.82. The van der Waals surface area contributed by atoms with E-state index in [0.29, 0.717) is 0 Å². The summed E-state index contributed by atoms with van der Waals surface area (Å²) in [4.78, 5) is 14.4. The topological polar surface area (TPSA) is 20.3 Å². The van der Waals surface area contributed by atoms with E-state index < -0.39 is 18.4 Å². The van der Waals surface area contributed by atoms with Crippen molar-refractivity contribution in [2.45, 2.75) is 91.9 Å². The van der Waals surface area contributed by atoms with Crippen LogP contribution < -0.4 is 0 Å². The number of piperidine rings is 1. The van der Waals surface area contributed by atoms with Crippen LogP contribution in [0.1, 0.15) is 78.6 Å². The number of hydrogen-bond acceptors (Lipinski definition) is 1. The van der Waals surface area contributed by atoms with E-state index in [-0.39, 0.29) is 5.91 Å². The fraction of sp³-hybridized carbons (Fsp3) is 0.850. The summed E-state index contributed by atoms with van der Waals surface area (Å²) in [6.45, 7) is 8.69. The van der Waals surface area contributed by atoms with Crippen LogP contribution in [0.3, 0.4) is 0 Å². The fourth-order valence-corrected chi connectivity index (χ4v) is 16.6. The first-order valence-corrected chi connectivity index (χ1v) is 17.5. The number of likely N-dealkylation sites (tertiary alicyclic amines) is 1. The van der Waals surface area contributed by atoms with Gasteiger partial charge in [0.1, 0.15) is 0 Å². The Labute approximate surface area is 148 Å². The van der Waals surface area contributed by atoms with Gasteiger partial charge in [0, 0.05) is 0 Å². The molecular formula is C20H37NOSn. The molecule has 3 heteroatoms.